The van der Waals surface area contributed by atoms with Gasteiger partial charge in [0.05, 0.1) is 35.7 Å². The number of methoxy groups -OCH3 is 1. The Morgan fingerprint density at radius 1 is 0.921 bits per heavy atom. The predicted molar refractivity (Wildman–Crippen MR) is 144 cm³/mol. The van der Waals surface area contributed by atoms with Gasteiger partial charge in [0, 0.05) is 17.7 Å². The van der Waals surface area contributed by atoms with E-state index < -0.39 is 15.3 Å². The van der Waals surface area contributed by atoms with Gasteiger partial charge in [-0.1, -0.05) is 39.8 Å². The maximum Gasteiger partial charge on any atom is 0.363 e. The van der Waals surface area contributed by atoms with Gasteiger partial charge < -0.3 is 24.5 Å². The van der Waals surface area contributed by atoms with Crippen molar-refractivity contribution in [3.8, 4) is 17.2 Å². The van der Waals surface area contributed by atoms with Crippen LogP contribution >= 0.6 is 0 Å². The molecule has 0 unspecified atom stereocenters. The Morgan fingerprint density at radius 2 is 1.53 bits per heavy atom. The fraction of sp³-hybridized carbons (Fsp3) is 0.333. The number of non-ortho nitro benzene ring substituents is 1. The molecule has 0 saturated carbocycles. The summed E-state index contributed by atoms with van der Waals surface area (Å²) in [7, 11) is 1.56. The zero-order valence-electron chi connectivity index (χ0n) is 22.5. The summed E-state index contributed by atoms with van der Waals surface area (Å²) in [6.07, 6.45) is 1.15. The van der Waals surface area contributed by atoms with Crippen LogP contribution in [0.4, 0.5) is 17.2 Å². The second-order valence-electron chi connectivity index (χ2n) is 8.17. The van der Waals surface area contributed by atoms with Gasteiger partial charge in [-0.15, -0.1) is 0 Å². The molecule has 0 spiro atoms. The van der Waals surface area contributed by atoms with Crippen molar-refractivity contribution >= 4 is 23.1 Å². The second-order valence-corrected chi connectivity index (χ2v) is 8.17. The summed E-state index contributed by atoms with van der Waals surface area (Å²) in [6.45, 7) is 11.6. The van der Waals surface area contributed by atoms with Crippen LogP contribution in [0.25, 0.3) is 0 Å². The first-order chi connectivity index (χ1) is 18.1. The number of nitrogens with zero attached hydrogens (tertiary/aromatic N) is 4. The predicted octanol–water partition coefficient (Wildman–Crippen LogP) is 6.58. The van der Waals surface area contributed by atoms with Gasteiger partial charge in [-0.25, -0.2) is 0 Å². The first-order valence-electron chi connectivity index (χ1n) is 12.2. The van der Waals surface area contributed by atoms with Gasteiger partial charge in [-0.2, -0.15) is 0 Å². The van der Waals surface area contributed by atoms with Crippen LogP contribution in [-0.4, -0.2) is 27.8 Å². The molecule has 4 rings (SSSR count). The standard InChI is InChI=1S/C23H20N4O7.2C2H6/c1-23(2)18-10-15(26(29)30)11-19(34-17-8-9-20(24-12-17)27(31)32)21(18)25(22(23)28)13-14-4-6-16(33-3)7-5-14;2*1-2/h4-12H,13H2,1-3H3;2*1-2H3. The number of hydrogen-bond acceptors (Lipinski definition) is 8. The highest BCUT2D eigenvalue weighted by Gasteiger charge is 2.47. The van der Waals surface area contributed by atoms with Gasteiger partial charge in [-0.05, 0) is 47.5 Å². The molecule has 202 valence electrons. The molecular weight excluding hydrogens is 492 g/mol. The summed E-state index contributed by atoms with van der Waals surface area (Å²) in [4.78, 5) is 39.9. The van der Waals surface area contributed by atoms with Gasteiger partial charge in [0.15, 0.2) is 17.7 Å². The maximum atomic E-state index is 13.4. The van der Waals surface area contributed by atoms with Crippen LogP contribution in [0.3, 0.4) is 0 Å². The van der Waals surface area contributed by atoms with Crippen LogP contribution in [0.2, 0.25) is 0 Å². The molecule has 1 aromatic heterocycles. The van der Waals surface area contributed by atoms with E-state index in [0.29, 0.717) is 17.0 Å². The zero-order chi connectivity index (χ0) is 28.6. The molecule has 11 heteroatoms. The molecule has 0 fully saturated rings. The largest absolute Gasteiger partial charge is 0.497 e. The van der Waals surface area contributed by atoms with Gasteiger partial charge in [0.2, 0.25) is 5.91 Å². The van der Waals surface area contributed by atoms with Gasteiger partial charge in [-0.3, -0.25) is 14.9 Å². The molecular formula is C27H32N4O7. The summed E-state index contributed by atoms with van der Waals surface area (Å²) in [5.41, 5.74) is 0.384. The molecule has 1 aliphatic heterocycles. The number of pyridine rings is 1. The lowest BCUT2D eigenvalue weighted by atomic mass is 9.86. The Morgan fingerprint density at radius 3 is 2.03 bits per heavy atom. The number of hydrogen-bond donors (Lipinski definition) is 0. The van der Waals surface area contributed by atoms with Crippen molar-refractivity contribution in [2.45, 2.75) is 53.5 Å². The minimum absolute atomic E-state index is 0.0762. The molecule has 0 radical (unpaired) electrons. The number of nitro groups is 2. The lowest BCUT2D eigenvalue weighted by Gasteiger charge is -2.21. The number of nitro benzene ring substituents is 1. The number of carbonyl (C=O) groups excluding carboxylic acids is 1. The smallest absolute Gasteiger partial charge is 0.363 e. The Hall–Kier alpha value is -4.54. The van der Waals surface area contributed by atoms with Crippen LogP contribution in [0.15, 0.2) is 54.7 Å². The Kier molecular flexibility index (Phi) is 9.86. The van der Waals surface area contributed by atoms with E-state index in [0.717, 1.165) is 17.8 Å². The van der Waals surface area contributed by atoms with E-state index in [2.05, 4.69) is 4.98 Å². The molecule has 38 heavy (non-hydrogen) atoms. The summed E-state index contributed by atoms with van der Waals surface area (Å²) in [6, 6.07) is 12.3. The van der Waals surface area contributed by atoms with E-state index in [4.69, 9.17) is 9.47 Å². The highest BCUT2D eigenvalue weighted by Crippen LogP contribution is 2.50. The zero-order valence-corrected chi connectivity index (χ0v) is 22.5. The highest BCUT2D eigenvalue weighted by atomic mass is 16.6. The number of anilines is 1. The quantitative estimate of drug-likeness (QED) is 0.250. The molecule has 0 N–H and O–H groups in total. The van der Waals surface area contributed by atoms with Gasteiger partial charge in [0.25, 0.3) is 5.69 Å². The van der Waals surface area contributed by atoms with E-state index in [-0.39, 0.29) is 35.5 Å². The summed E-state index contributed by atoms with van der Waals surface area (Å²) >= 11 is 0. The van der Waals surface area contributed by atoms with E-state index in [9.17, 15) is 25.0 Å². The highest BCUT2D eigenvalue weighted by molar-refractivity contribution is 6.09. The number of fused-ring (bicyclic) bond motifs is 1. The molecule has 11 nitrogen and oxygen atoms in total. The third-order valence-electron chi connectivity index (χ3n) is 5.63. The topological polar surface area (TPSA) is 138 Å². The lowest BCUT2D eigenvalue weighted by Crippen LogP contribution is -2.35. The number of aromatic nitrogens is 1. The van der Waals surface area contributed by atoms with Crippen LogP contribution in [0, 0.1) is 20.2 Å². The van der Waals surface area contributed by atoms with Crippen molar-refractivity contribution in [3.05, 3.63) is 86.1 Å². The fourth-order valence-electron chi connectivity index (χ4n) is 3.82. The molecule has 0 saturated heterocycles. The van der Waals surface area contributed by atoms with Crippen molar-refractivity contribution < 1.29 is 24.1 Å². The number of rotatable bonds is 7. The van der Waals surface area contributed by atoms with E-state index in [1.807, 2.05) is 39.8 Å². The molecule has 2 heterocycles. The first-order valence-corrected chi connectivity index (χ1v) is 12.2. The molecule has 0 bridgehead atoms. The molecule has 1 aliphatic rings. The lowest BCUT2D eigenvalue weighted by molar-refractivity contribution is -0.389. The van der Waals surface area contributed by atoms with Crippen molar-refractivity contribution in [2.75, 3.05) is 12.0 Å². The minimum Gasteiger partial charge on any atom is -0.497 e. The fourth-order valence-corrected chi connectivity index (χ4v) is 3.82. The van der Waals surface area contributed by atoms with Crippen LogP contribution in [0.1, 0.15) is 52.7 Å². The summed E-state index contributed by atoms with van der Waals surface area (Å²) in [5, 5.41) is 22.5. The number of benzene rings is 2. The van der Waals surface area contributed by atoms with Gasteiger partial charge >= 0.3 is 5.82 Å². The monoisotopic (exact) mass is 524 g/mol. The Balaban J connectivity index is 0.00000121. The second kappa shape index (κ2) is 12.6. The van der Waals surface area contributed by atoms with Crippen molar-refractivity contribution in [1.29, 1.82) is 0 Å². The normalized spacial score (nSPS) is 12.8. The third kappa shape index (κ3) is 6.05. The van der Waals surface area contributed by atoms with Crippen LogP contribution in [0.5, 0.6) is 17.2 Å². The molecule has 1 amide bonds. The maximum absolute atomic E-state index is 13.4. The van der Waals surface area contributed by atoms with E-state index in [1.54, 1.807) is 33.1 Å². The Labute approximate surface area is 221 Å². The summed E-state index contributed by atoms with van der Waals surface area (Å²) in [5.74, 6) is 0.268. The number of ether oxygens (including phenoxy) is 2. The molecule has 0 atom stereocenters. The molecule has 2 aromatic carbocycles. The molecule has 3 aromatic rings. The van der Waals surface area contributed by atoms with Crippen molar-refractivity contribution in [2.24, 2.45) is 0 Å². The third-order valence-corrected chi connectivity index (χ3v) is 5.63. The number of carbonyl (C=O) groups is 1. The number of amides is 1. The minimum atomic E-state index is -1.04. The van der Waals surface area contributed by atoms with Gasteiger partial charge in [0.1, 0.15) is 5.75 Å². The van der Waals surface area contributed by atoms with E-state index in [1.165, 1.54) is 23.1 Å². The van der Waals surface area contributed by atoms with Crippen LogP contribution < -0.4 is 14.4 Å². The van der Waals surface area contributed by atoms with Crippen molar-refractivity contribution in [3.63, 3.8) is 0 Å². The van der Waals surface area contributed by atoms with E-state index >= 15 is 0 Å². The van der Waals surface area contributed by atoms with Crippen LogP contribution in [-0.2, 0) is 16.8 Å². The average molecular weight is 525 g/mol. The first kappa shape index (κ1) is 29.7. The van der Waals surface area contributed by atoms with Crippen molar-refractivity contribution in [1.82, 2.24) is 4.98 Å². The Bertz CT molecular complexity index is 1290. The summed E-state index contributed by atoms with van der Waals surface area (Å²) < 4.78 is 11.1. The molecule has 0 aliphatic carbocycles. The SMILES string of the molecule is CC.CC.COc1ccc(CN2C(=O)C(C)(C)c3cc([N+](=O)[O-])cc(Oc4ccc([N+](=O)[O-])nc4)c32)cc1. The average Bonchev–Trinajstić information content (AvgIpc) is 3.12.